The van der Waals surface area contributed by atoms with E-state index >= 15 is 0 Å². The van der Waals surface area contributed by atoms with Crippen LogP contribution in [0.25, 0.3) is 0 Å². The summed E-state index contributed by atoms with van der Waals surface area (Å²) in [5.74, 6) is 0.876. The lowest BCUT2D eigenvalue weighted by atomic mass is 9.68. The van der Waals surface area contributed by atoms with Crippen LogP contribution >= 0.6 is 0 Å². The van der Waals surface area contributed by atoms with Gasteiger partial charge in [0.1, 0.15) is 0 Å². The Morgan fingerprint density at radius 1 is 1.11 bits per heavy atom. The van der Waals surface area contributed by atoms with Gasteiger partial charge in [0, 0.05) is 12.6 Å². The number of hydrogen-bond acceptors (Lipinski definition) is 2. The third-order valence-corrected chi connectivity index (χ3v) is 4.93. The topological polar surface area (TPSA) is 21.3 Å². The highest BCUT2D eigenvalue weighted by atomic mass is 16.5. The lowest BCUT2D eigenvalue weighted by molar-refractivity contribution is -0.110. The minimum atomic E-state index is 0.160. The molecule has 18 heavy (non-hydrogen) atoms. The molecule has 1 atom stereocenters. The van der Waals surface area contributed by atoms with Gasteiger partial charge in [-0.25, -0.2) is 0 Å². The van der Waals surface area contributed by atoms with Crippen molar-refractivity contribution in [3.05, 3.63) is 0 Å². The summed E-state index contributed by atoms with van der Waals surface area (Å²) >= 11 is 0. The quantitative estimate of drug-likeness (QED) is 0.743. The van der Waals surface area contributed by atoms with Crippen LogP contribution in [0.2, 0.25) is 0 Å². The zero-order valence-electron chi connectivity index (χ0n) is 12.3. The maximum Gasteiger partial charge on any atom is 0.0837 e. The number of hydrogen-bond donors (Lipinski definition) is 1. The summed E-state index contributed by atoms with van der Waals surface area (Å²) in [5, 5.41) is 3.84. The van der Waals surface area contributed by atoms with E-state index in [4.69, 9.17) is 4.74 Å². The van der Waals surface area contributed by atoms with Gasteiger partial charge in [0.15, 0.2) is 0 Å². The second-order valence-corrected chi connectivity index (χ2v) is 6.18. The number of ether oxygens (including phenoxy) is 1. The predicted octanol–water partition coefficient (Wildman–Crippen LogP) is 3.89. The molecular formula is C16H31NO. The fourth-order valence-electron chi connectivity index (χ4n) is 3.84. The van der Waals surface area contributed by atoms with Crippen molar-refractivity contribution in [3.63, 3.8) is 0 Å². The van der Waals surface area contributed by atoms with E-state index in [1.165, 1.54) is 57.8 Å². The molecule has 0 aromatic carbocycles. The van der Waals surface area contributed by atoms with Crippen LogP contribution in [0.3, 0.4) is 0 Å². The first kappa shape index (κ1) is 14.3. The fraction of sp³-hybridized carbons (Fsp3) is 1.00. The van der Waals surface area contributed by atoms with Crippen LogP contribution in [-0.2, 0) is 4.74 Å². The summed E-state index contributed by atoms with van der Waals surface area (Å²) in [5.41, 5.74) is 0.160. The Morgan fingerprint density at radius 2 is 1.83 bits per heavy atom. The molecule has 0 aliphatic heterocycles. The van der Waals surface area contributed by atoms with E-state index in [0.717, 1.165) is 19.1 Å². The molecule has 2 rings (SSSR count). The van der Waals surface area contributed by atoms with Crippen LogP contribution in [0.5, 0.6) is 0 Å². The van der Waals surface area contributed by atoms with Crippen molar-refractivity contribution in [2.45, 2.75) is 83.3 Å². The van der Waals surface area contributed by atoms with Crippen molar-refractivity contribution in [2.24, 2.45) is 5.92 Å². The summed E-state index contributed by atoms with van der Waals surface area (Å²) in [7, 11) is 0. The van der Waals surface area contributed by atoms with Gasteiger partial charge >= 0.3 is 0 Å². The molecule has 2 saturated carbocycles. The second kappa shape index (κ2) is 6.91. The number of rotatable bonds is 7. The monoisotopic (exact) mass is 253 g/mol. The van der Waals surface area contributed by atoms with Gasteiger partial charge in [-0.05, 0) is 51.5 Å². The maximum absolute atomic E-state index is 6.32. The van der Waals surface area contributed by atoms with Crippen LogP contribution in [0.4, 0.5) is 0 Å². The first-order chi connectivity index (χ1) is 8.82. The normalized spacial score (nSPS) is 25.7. The molecule has 2 aliphatic rings. The highest BCUT2D eigenvalue weighted by molar-refractivity contribution is 5.00. The zero-order chi connectivity index (χ0) is 12.8. The van der Waals surface area contributed by atoms with Gasteiger partial charge in [-0.3, -0.25) is 0 Å². The third kappa shape index (κ3) is 3.08. The predicted molar refractivity (Wildman–Crippen MR) is 76.9 cm³/mol. The molecule has 0 amide bonds. The lowest BCUT2D eigenvalue weighted by Gasteiger charge is -2.49. The first-order valence-corrected chi connectivity index (χ1v) is 8.19. The van der Waals surface area contributed by atoms with Gasteiger partial charge in [0.25, 0.3) is 0 Å². The highest BCUT2D eigenvalue weighted by Crippen LogP contribution is 2.42. The minimum Gasteiger partial charge on any atom is -0.374 e. The fourth-order valence-corrected chi connectivity index (χ4v) is 3.84. The SMILES string of the molecule is CCCNC(C1CCC1)C1(OCC)CCCCC1. The van der Waals surface area contributed by atoms with E-state index in [9.17, 15) is 0 Å². The summed E-state index contributed by atoms with van der Waals surface area (Å²) in [6.45, 7) is 6.44. The molecule has 0 aromatic rings. The standard InChI is InChI=1S/C16H31NO/c1-3-13-17-15(14-9-8-10-14)16(18-4-2)11-6-5-7-12-16/h14-15,17H,3-13H2,1-2H3. The van der Waals surface area contributed by atoms with Crippen LogP contribution in [0.15, 0.2) is 0 Å². The van der Waals surface area contributed by atoms with Crippen LogP contribution in [0, 0.1) is 5.92 Å². The van der Waals surface area contributed by atoms with Crippen LogP contribution in [0.1, 0.15) is 71.6 Å². The molecule has 0 aromatic heterocycles. The summed E-state index contributed by atoms with van der Waals surface area (Å²) in [6, 6.07) is 0.617. The Labute approximate surface area is 113 Å². The third-order valence-electron chi connectivity index (χ3n) is 4.93. The summed E-state index contributed by atoms with van der Waals surface area (Å²) < 4.78 is 6.32. The summed E-state index contributed by atoms with van der Waals surface area (Å²) in [4.78, 5) is 0. The van der Waals surface area contributed by atoms with E-state index < -0.39 is 0 Å². The largest absolute Gasteiger partial charge is 0.374 e. The van der Waals surface area contributed by atoms with Crippen molar-refractivity contribution in [1.82, 2.24) is 5.32 Å². The van der Waals surface area contributed by atoms with E-state index in [1.54, 1.807) is 0 Å². The minimum absolute atomic E-state index is 0.160. The molecule has 2 fully saturated rings. The van der Waals surface area contributed by atoms with Crippen LogP contribution < -0.4 is 5.32 Å². The molecule has 0 bridgehead atoms. The van der Waals surface area contributed by atoms with Crippen molar-refractivity contribution < 1.29 is 4.74 Å². The zero-order valence-corrected chi connectivity index (χ0v) is 12.3. The van der Waals surface area contributed by atoms with Gasteiger partial charge in [0.2, 0.25) is 0 Å². The van der Waals surface area contributed by atoms with Crippen LogP contribution in [-0.4, -0.2) is 24.8 Å². The molecule has 2 nitrogen and oxygen atoms in total. The van der Waals surface area contributed by atoms with Crippen molar-refractivity contribution in [1.29, 1.82) is 0 Å². The van der Waals surface area contributed by atoms with E-state index in [1.807, 2.05) is 0 Å². The Hall–Kier alpha value is -0.0800. The highest BCUT2D eigenvalue weighted by Gasteiger charge is 2.45. The van der Waals surface area contributed by atoms with Gasteiger partial charge in [-0.1, -0.05) is 32.6 Å². The van der Waals surface area contributed by atoms with Gasteiger partial charge in [-0.15, -0.1) is 0 Å². The van der Waals surface area contributed by atoms with Crippen molar-refractivity contribution in [2.75, 3.05) is 13.2 Å². The molecule has 1 unspecified atom stereocenters. The Morgan fingerprint density at radius 3 is 2.33 bits per heavy atom. The molecule has 2 heteroatoms. The molecule has 0 radical (unpaired) electrons. The average molecular weight is 253 g/mol. The van der Waals surface area contributed by atoms with Crippen molar-refractivity contribution in [3.8, 4) is 0 Å². The first-order valence-electron chi connectivity index (χ1n) is 8.19. The molecule has 0 spiro atoms. The number of nitrogens with one attached hydrogen (secondary N) is 1. The van der Waals surface area contributed by atoms with Crippen molar-refractivity contribution >= 4 is 0 Å². The van der Waals surface area contributed by atoms with E-state index in [0.29, 0.717) is 6.04 Å². The molecule has 1 N–H and O–H groups in total. The molecule has 0 heterocycles. The van der Waals surface area contributed by atoms with E-state index in [2.05, 4.69) is 19.2 Å². The van der Waals surface area contributed by atoms with Gasteiger partial charge in [-0.2, -0.15) is 0 Å². The Kier molecular flexibility index (Phi) is 5.50. The Balaban J connectivity index is 2.06. The molecular weight excluding hydrogens is 222 g/mol. The molecule has 2 aliphatic carbocycles. The maximum atomic E-state index is 6.32. The second-order valence-electron chi connectivity index (χ2n) is 6.18. The van der Waals surface area contributed by atoms with E-state index in [-0.39, 0.29) is 5.60 Å². The van der Waals surface area contributed by atoms with Gasteiger partial charge in [0.05, 0.1) is 5.60 Å². The Bertz CT molecular complexity index is 226. The molecule has 106 valence electrons. The molecule has 0 saturated heterocycles. The smallest absolute Gasteiger partial charge is 0.0837 e. The van der Waals surface area contributed by atoms with Gasteiger partial charge < -0.3 is 10.1 Å². The summed E-state index contributed by atoms with van der Waals surface area (Å²) in [6.07, 6.45) is 12.2. The average Bonchev–Trinajstić information content (AvgIpc) is 2.33. The lowest BCUT2D eigenvalue weighted by Crippen LogP contribution is -2.58.